The summed E-state index contributed by atoms with van der Waals surface area (Å²) in [6.07, 6.45) is 7.35. The molecule has 15 heavy (non-hydrogen) atoms. The van der Waals surface area contributed by atoms with Crippen molar-refractivity contribution in [1.29, 1.82) is 0 Å². The highest BCUT2D eigenvalue weighted by molar-refractivity contribution is 6.29. The number of halogens is 1. The number of nitrogens with one attached hydrogen (secondary N) is 1. The average Bonchev–Trinajstić information content (AvgIpc) is 2.26. The second-order valence-electron chi connectivity index (χ2n) is 2.97. The Balaban J connectivity index is 2.70. The third kappa shape index (κ3) is 3.26. The van der Waals surface area contributed by atoms with Crippen LogP contribution in [0.4, 0.5) is 0 Å². The van der Waals surface area contributed by atoms with Crippen LogP contribution < -0.4 is 5.32 Å². The monoisotopic (exact) mass is 222 g/mol. The summed E-state index contributed by atoms with van der Waals surface area (Å²) in [6.45, 7) is 1.91. The molecule has 0 aliphatic heterocycles. The Morgan fingerprint density at radius 1 is 1.73 bits per heavy atom. The zero-order chi connectivity index (χ0) is 11.3. The Hall–Kier alpha value is -1.53. The van der Waals surface area contributed by atoms with Crippen LogP contribution in [0.15, 0.2) is 18.3 Å². The van der Waals surface area contributed by atoms with E-state index < -0.39 is 0 Å². The minimum atomic E-state index is -0.242. The van der Waals surface area contributed by atoms with E-state index in [4.69, 9.17) is 18.0 Å². The molecule has 3 nitrogen and oxygen atoms in total. The summed E-state index contributed by atoms with van der Waals surface area (Å²) in [5.74, 6) is 2.25. The summed E-state index contributed by atoms with van der Waals surface area (Å²) < 4.78 is 0. The lowest BCUT2D eigenvalue weighted by atomic mass is 10.2. The maximum atomic E-state index is 11.6. The molecule has 0 aromatic carbocycles. The topological polar surface area (TPSA) is 42.0 Å². The van der Waals surface area contributed by atoms with Gasteiger partial charge in [0.2, 0.25) is 0 Å². The van der Waals surface area contributed by atoms with Gasteiger partial charge >= 0.3 is 0 Å². The molecule has 0 saturated heterocycles. The fourth-order valence-corrected chi connectivity index (χ4v) is 1.13. The van der Waals surface area contributed by atoms with Crippen LogP contribution in [0.3, 0.4) is 0 Å². The molecule has 1 rings (SSSR count). The van der Waals surface area contributed by atoms with Gasteiger partial charge in [0.25, 0.3) is 5.91 Å². The molecule has 0 radical (unpaired) electrons. The number of nitrogens with zero attached hydrogens (tertiary/aromatic N) is 1. The third-order valence-corrected chi connectivity index (χ3v) is 2.13. The molecule has 0 bridgehead atoms. The third-order valence-electron chi connectivity index (χ3n) is 1.90. The van der Waals surface area contributed by atoms with Gasteiger partial charge in [-0.05, 0) is 18.6 Å². The van der Waals surface area contributed by atoms with Crippen LogP contribution in [0, 0.1) is 12.3 Å². The molecule has 0 fully saturated rings. The fraction of sp³-hybridized carbons (Fsp3) is 0.273. The Morgan fingerprint density at radius 2 is 2.47 bits per heavy atom. The number of rotatable bonds is 3. The van der Waals surface area contributed by atoms with Crippen molar-refractivity contribution >= 4 is 17.5 Å². The fourth-order valence-electron chi connectivity index (χ4n) is 1.01. The zero-order valence-corrected chi connectivity index (χ0v) is 9.08. The van der Waals surface area contributed by atoms with Gasteiger partial charge in [-0.25, -0.2) is 4.98 Å². The number of aromatic nitrogens is 1. The van der Waals surface area contributed by atoms with Gasteiger partial charge in [0.05, 0.1) is 11.6 Å². The van der Waals surface area contributed by atoms with Gasteiger partial charge in [0.15, 0.2) is 0 Å². The van der Waals surface area contributed by atoms with E-state index in [0.717, 1.165) is 0 Å². The molecular formula is C11H11ClN2O. The molecule has 1 unspecified atom stereocenters. The Morgan fingerprint density at radius 3 is 2.93 bits per heavy atom. The summed E-state index contributed by atoms with van der Waals surface area (Å²) in [7, 11) is 0. The molecule has 4 heteroatoms. The van der Waals surface area contributed by atoms with Gasteiger partial charge < -0.3 is 5.32 Å². The quantitative estimate of drug-likeness (QED) is 0.627. The number of carbonyl (C=O) groups is 1. The number of hydrogen-bond donors (Lipinski definition) is 1. The van der Waals surface area contributed by atoms with Crippen LogP contribution in [0.2, 0.25) is 5.15 Å². The normalized spacial score (nSPS) is 11.5. The first kappa shape index (κ1) is 11.5. The number of amides is 1. The van der Waals surface area contributed by atoms with E-state index in [1.165, 1.54) is 6.20 Å². The second-order valence-corrected chi connectivity index (χ2v) is 3.36. The molecular weight excluding hydrogens is 212 g/mol. The maximum absolute atomic E-state index is 11.6. The van der Waals surface area contributed by atoms with Gasteiger partial charge in [-0.2, -0.15) is 0 Å². The van der Waals surface area contributed by atoms with Crippen LogP contribution in [0.1, 0.15) is 23.7 Å². The average molecular weight is 223 g/mol. The molecule has 1 heterocycles. The van der Waals surface area contributed by atoms with Gasteiger partial charge in [0, 0.05) is 6.20 Å². The second kappa shape index (κ2) is 5.38. The Bertz CT molecular complexity index is 381. The zero-order valence-electron chi connectivity index (χ0n) is 8.33. The SMILES string of the molecule is C#CC(CC)NC(=O)c1ccc(Cl)nc1. The van der Waals surface area contributed by atoms with Crippen molar-refractivity contribution in [2.75, 3.05) is 0 Å². The maximum Gasteiger partial charge on any atom is 0.253 e. The summed E-state index contributed by atoms with van der Waals surface area (Å²) in [4.78, 5) is 15.4. The minimum absolute atomic E-state index is 0.232. The Labute approximate surface area is 93.9 Å². The van der Waals surface area contributed by atoms with Crippen LogP contribution in [0.5, 0.6) is 0 Å². The molecule has 1 aromatic heterocycles. The molecule has 1 N–H and O–H groups in total. The minimum Gasteiger partial charge on any atom is -0.338 e. The van der Waals surface area contributed by atoms with Crippen molar-refractivity contribution in [3.63, 3.8) is 0 Å². The first-order valence-corrected chi connectivity index (χ1v) is 4.93. The standard InChI is InChI=1S/C11H11ClN2O/c1-3-9(4-2)14-11(15)8-5-6-10(12)13-7-8/h1,5-7,9H,4H2,2H3,(H,14,15). The van der Waals surface area contributed by atoms with Gasteiger partial charge in [-0.15, -0.1) is 6.42 Å². The van der Waals surface area contributed by atoms with Gasteiger partial charge in [0.1, 0.15) is 5.15 Å². The van der Waals surface area contributed by atoms with Crippen LogP contribution in [-0.2, 0) is 0 Å². The number of pyridine rings is 1. The molecule has 1 amide bonds. The highest BCUT2D eigenvalue weighted by Crippen LogP contribution is 2.05. The van der Waals surface area contributed by atoms with Crippen molar-refractivity contribution in [2.24, 2.45) is 0 Å². The lowest BCUT2D eigenvalue weighted by Crippen LogP contribution is -2.33. The van der Waals surface area contributed by atoms with Crippen molar-refractivity contribution in [1.82, 2.24) is 10.3 Å². The first-order valence-electron chi connectivity index (χ1n) is 4.56. The molecule has 0 aliphatic rings. The van der Waals surface area contributed by atoms with Gasteiger partial charge in [-0.1, -0.05) is 24.4 Å². The van der Waals surface area contributed by atoms with Crippen molar-refractivity contribution in [3.8, 4) is 12.3 Å². The van der Waals surface area contributed by atoms with Gasteiger partial charge in [-0.3, -0.25) is 4.79 Å². The summed E-state index contributed by atoms with van der Waals surface area (Å²) in [5.41, 5.74) is 0.452. The lowest BCUT2D eigenvalue weighted by molar-refractivity contribution is 0.0944. The molecule has 0 spiro atoms. The van der Waals surface area contributed by atoms with Crippen LogP contribution in [-0.4, -0.2) is 16.9 Å². The van der Waals surface area contributed by atoms with E-state index in [1.807, 2.05) is 6.92 Å². The largest absolute Gasteiger partial charge is 0.338 e. The smallest absolute Gasteiger partial charge is 0.253 e. The van der Waals surface area contributed by atoms with E-state index in [0.29, 0.717) is 17.1 Å². The highest BCUT2D eigenvalue weighted by atomic mass is 35.5. The summed E-state index contributed by atoms with van der Waals surface area (Å²) >= 11 is 5.60. The predicted molar refractivity (Wildman–Crippen MR) is 59.6 cm³/mol. The molecule has 1 aromatic rings. The molecule has 1 atom stereocenters. The molecule has 78 valence electrons. The van der Waals surface area contributed by atoms with E-state index in [-0.39, 0.29) is 11.9 Å². The number of carbonyl (C=O) groups excluding carboxylic acids is 1. The predicted octanol–water partition coefficient (Wildman–Crippen LogP) is 1.88. The van der Waals surface area contributed by atoms with Crippen molar-refractivity contribution in [3.05, 3.63) is 29.0 Å². The van der Waals surface area contributed by atoms with Crippen molar-refractivity contribution < 1.29 is 4.79 Å². The van der Waals surface area contributed by atoms with Crippen molar-refractivity contribution in [2.45, 2.75) is 19.4 Å². The molecule has 0 aliphatic carbocycles. The van der Waals surface area contributed by atoms with Crippen LogP contribution in [0.25, 0.3) is 0 Å². The summed E-state index contributed by atoms with van der Waals surface area (Å²) in [5, 5.41) is 3.05. The van der Waals surface area contributed by atoms with Crippen LogP contribution >= 0.6 is 11.6 Å². The Kier molecular flexibility index (Phi) is 4.14. The molecule has 0 saturated carbocycles. The number of terminal acetylenes is 1. The van der Waals surface area contributed by atoms with E-state index >= 15 is 0 Å². The van der Waals surface area contributed by atoms with E-state index in [9.17, 15) is 4.79 Å². The lowest BCUT2D eigenvalue weighted by Gasteiger charge is -2.10. The van der Waals surface area contributed by atoms with E-state index in [1.54, 1.807) is 12.1 Å². The van der Waals surface area contributed by atoms with E-state index in [2.05, 4.69) is 16.2 Å². The summed E-state index contributed by atoms with van der Waals surface area (Å²) in [6, 6.07) is 2.93. The highest BCUT2D eigenvalue weighted by Gasteiger charge is 2.09. The number of hydrogen-bond acceptors (Lipinski definition) is 2. The first-order chi connectivity index (χ1) is 7.17.